The molecule has 0 spiro atoms. The molecule has 0 saturated carbocycles. The third-order valence-electron chi connectivity index (χ3n) is 3.29. The fraction of sp³-hybridized carbons (Fsp3) is 0.200. The summed E-state index contributed by atoms with van der Waals surface area (Å²) in [6.07, 6.45) is 5.76. The molecule has 0 bridgehead atoms. The highest BCUT2D eigenvalue weighted by molar-refractivity contribution is 7.73. The van der Waals surface area contributed by atoms with Crippen molar-refractivity contribution < 1.29 is 0 Å². The van der Waals surface area contributed by atoms with Gasteiger partial charge in [-0.1, -0.05) is 23.5 Å². The number of aromatic nitrogens is 4. The molecule has 0 saturated heterocycles. The monoisotopic (exact) mass is 330 g/mol. The maximum absolute atomic E-state index is 12.5. The van der Waals surface area contributed by atoms with Crippen LogP contribution in [0.2, 0.25) is 0 Å². The first-order valence-electron chi connectivity index (χ1n) is 6.80. The largest absolute Gasteiger partial charge is 0.304 e. The Bertz CT molecular complexity index is 924. The van der Waals surface area contributed by atoms with Gasteiger partial charge in [0.05, 0.1) is 6.33 Å². The van der Waals surface area contributed by atoms with Crippen LogP contribution in [-0.4, -0.2) is 19.1 Å². The zero-order chi connectivity index (χ0) is 15.5. The van der Waals surface area contributed by atoms with E-state index in [0.29, 0.717) is 33.8 Å². The van der Waals surface area contributed by atoms with E-state index in [2.05, 4.69) is 16.5 Å². The number of thiazole rings is 1. The minimum atomic E-state index is -0.0557. The molecule has 0 aromatic carbocycles. The first-order chi connectivity index (χ1) is 10.7. The van der Waals surface area contributed by atoms with E-state index in [9.17, 15) is 4.79 Å². The minimum Gasteiger partial charge on any atom is -0.304 e. The zero-order valence-electron chi connectivity index (χ0n) is 11.8. The maximum Gasteiger partial charge on any atom is 0.272 e. The molecule has 3 aromatic heterocycles. The second-order valence-electron chi connectivity index (χ2n) is 4.73. The summed E-state index contributed by atoms with van der Waals surface area (Å²) >= 11 is 6.60. The molecule has 7 heteroatoms. The van der Waals surface area contributed by atoms with E-state index >= 15 is 0 Å². The number of nitrogens with zero attached hydrogens (tertiary/aromatic N) is 4. The van der Waals surface area contributed by atoms with Crippen LogP contribution in [-0.2, 0) is 19.5 Å². The molecule has 3 rings (SSSR count). The van der Waals surface area contributed by atoms with Crippen LogP contribution in [0, 0.1) is 3.95 Å². The average molecular weight is 330 g/mol. The highest BCUT2D eigenvalue weighted by Gasteiger charge is 2.11. The summed E-state index contributed by atoms with van der Waals surface area (Å²) in [5.41, 5.74) is 1.53. The number of rotatable bonds is 5. The molecule has 3 heterocycles. The Kier molecular flexibility index (Phi) is 4.26. The van der Waals surface area contributed by atoms with Crippen molar-refractivity contribution in [2.24, 2.45) is 0 Å². The summed E-state index contributed by atoms with van der Waals surface area (Å²) < 4.78 is 4.67. The second-order valence-corrected chi connectivity index (χ2v) is 6.38. The van der Waals surface area contributed by atoms with E-state index in [0.717, 1.165) is 5.69 Å². The third-order valence-corrected chi connectivity index (χ3v) is 4.72. The molecule has 5 nitrogen and oxygen atoms in total. The van der Waals surface area contributed by atoms with Crippen molar-refractivity contribution >= 4 is 33.9 Å². The van der Waals surface area contributed by atoms with Crippen LogP contribution in [0.25, 0.3) is 10.3 Å². The van der Waals surface area contributed by atoms with Gasteiger partial charge in [-0.25, -0.2) is 4.98 Å². The average Bonchev–Trinajstić information content (AvgIpc) is 2.85. The van der Waals surface area contributed by atoms with Crippen LogP contribution in [0.4, 0.5) is 0 Å². The molecule has 0 N–H and O–H groups in total. The number of hydrogen-bond acceptors (Lipinski definition) is 5. The molecule has 112 valence electrons. The first kappa shape index (κ1) is 14.8. The molecular weight excluding hydrogens is 316 g/mol. The highest BCUT2D eigenvalue weighted by atomic mass is 32.1. The van der Waals surface area contributed by atoms with Crippen molar-refractivity contribution in [3.8, 4) is 0 Å². The first-order valence-corrected chi connectivity index (χ1v) is 8.03. The van der Waals surface area contributed by atoms with E-state index < -0.39 is 0 Å². The lowest BCUT2D eigenvalue weighted by molar-refractivity contribution is 0.652. The van der Waals surface area contributed by atoms with E-state index in [1.54, 1.807) is 23.2 Å². The predicted octanol–water partition coefficient (Wildman–Crippen LogP) is 2.81. The Hall–Kier alpha value is -2.12. The quantitative estimate of drug-likeness (QED) is 0.533. The van der Waals surface area contributed by atoms with Gasteiger partial charge in [0.15, 0.2) is 9.60 Å². The van der Waals surface area contributed by atoms with Gasteiger partial charge >= 0.3 is 0 Å². The van der Waals surface area contributed by atoms with Gasteiger partial charge in [0.25, 0.3) is 5.56 Å². The number of pyridine rings is 1. The normalized spacial score (nSPS) is 10.9. The van der Waals surface area contributed by atoms with Gasteiger partial charge in [0.2, 0.25) is 0 Å². The Balaban J connectivity index is 1.95. The molecule has 3 aromatic rings. The van der Waals surface area contributed by atoms with Crippen molar-refractivity contribution in [3.63, 3.8) is 0 Å². The Labute approximate surface area is 136 Å². The predicted molar refractivity (Wildman–Crippen MR) is 90.8 cm³/mol. The van der Waals surface area contributed by atoms with Gasteiger partial charge in [-0.05, 0) is 24.4 Å². The summed E-state index contributed by atoms with van der Waals surface area (Å²) in [6.45, 7) is 4.81. The van der Waals surface area contributed by atoms with Crippen LogP contribution in [0.15, 0.2) is 48.2 Å². The summed E-state index contributed by atoms with van der Waals surface area (Å²) in [6, 6.07) is 5.76. The van der Waals surface area contributed by atoms with Crippen LogP contribution in [0.1, 0.15) is 5.69 Å². The van der Waals surface area contributed by atoms with Gasteiger partial charge in [-0.15, -0.1) is 6.58 Å². The van der Waals surface area contributed by atoms with Crippen molar-refractivity contribution in [3.05, 3.63) is 63.4 Å². The number of hydrogen-bond donors (Lipinski definition) is 0. The molecular formula is C15H14N4OS2. The molecule has 0 amide bonds. The minimum absolute atomic E-state index is 0.0557. The second kappa shape index (κ2) is 6.33. The number of fused-ring (bicyclic) bond motifs is 1. The van der Waals surface area contributed by atoms with Crippen LogP contribution in [0.5, 0.6) is 0 Å². The van der Waals surface area contributed by atoms with Crippen molar-refractivity contribution in [2.45, 2.75) is 19.5 Å². The molecule has 0 radical (unpaired) electrons. The maximum atomic E-state index is 12.5. The van der Waals surface area contributed by atoms with E-state index in [1.165, 1.54) is 11.3 Å². The number of aryl methyl sites for hydroxylation is 2. The zero-order valence-corrected chi connectivity index (χ0v) is 13.4. The van der Waals surface area contributed by atoms with Crippen LogP contribution >= 0.6 is 23.6 Å². The SMILES string of the molecule is C=CCn1c(=S)sc2c(=O)n(CCc3ccccn3)cnc21. The molecule has 0 atom stereocenters. The molecule has 0 unspecified atom stereocenters. The van der Waals surface area contributed by atoms with E-state index in [-0.39, 0.29) is 5.56 Å². The van der Waals surface area contributed by atoms with Gasteiger partial charge in [-0.3, -0.25) is 14.3 Å². The highest BCUT2D eigenvalue weighted by Crippen LogP contribution is 2.17. The van der Waals surface area contributed by atoms with E-state index in [1.807, 2.05) is 22.8 Å². The fourth-order valence-corrected chi connectivity index (χ4v) is 3.52. The topological polar surface area (TPSA) is 52.7 Å². The lowest BCUT2D eigenvalue weighted by Gasteiger charge is -2.05. The van der Waals surface area contributed by atoms with E-state index in [4.69, 9.17) is 12.2 Å². The smallest absolute Gasteiger partial charge is 0.272 e. The van der Waals surface area contributed by atoms with Gasteiger partial charge in [-0.2, -0.15) is 0 Å². The summed E-state index contributed by atoms with van der Waals surface area (Å²) in [7, 11) is 0. The molecule has 0 aliphatic carbocycles. The fourth-order valence-electron chi connectivity index (χ4n) is 2.20. The molecule has 0 aliphatic heterocycles. The summed E-state index contributed by atoms with van der Waals surface area (Å²) in [5.74, 6) is 0. The van der Waals surface area contributed by atoms with Gasteiger partial charge in [0.1, 0.15) is 4.70 Å². The summed E-state index contributed by atoms with van der Waals surface area (Å²) in [5, 5.41) is 0. The molecule has 0 aliphatic rings. The number of allylic oxidation sites excluding steroid dienone is 1. The van der Waals surface area contributed by atoms with Crippen molar-refractivity contribution in [1.29, 1.82) is 0 Å². The van der Waals surface area contributed by atoms with Crippen molar-refractivity contribution in [1.82, 2.24) is 19.1 Å². The van der Waals surface area contributed by atoms with Crippen LogP contribution in [0.3, 0.4) is 0 Å². The van der Waals surface area contributed by atoms with Crippen LogP contribution < -0.4 is 5.56 Å². The lowest BCUT2D eigenvalue weighted by Crippen LogP contribution is -2.21. The molecule has 22 heavy (non-hydrogen) atoms. The lowest BCUT2D eigenvalue weighted by atomic mass is 10.3. The van der Waals surface area contributed by atoms with Gasteiger partial charge < -0.3 is 4.57 Å². The Morgan fingerprint density at radius 3 is 2.95 bits per heavy atom. The summed E-state index contributed by atoms with van der Waals surface area (Å²) in [4.78, 5) is 21.2. The van der Waals surface area contributed by atoms with Gasteiger partial charge in [0, 0.05) is 31.4 Å². The molecule has 0 fully saturated rings. The standard InChI is InChI=1S/C15H14N4OS2/c1-2-8-19-13-12(22-15(19)21)14(20)18(10-17-13)9-6-11-5-3-4-7-16-11/h2-5,7,10H,1,6,8-9H2. The van der Waals surface area contributed by atoms with Crippen molar-refractivity contribution in [2.75, 3.05) is 0 Å². The Morgan fingerprint density at radius 1 is 1.36 bits per heavy atom. The Morgan fingerprint density at radius 2 is 2.23 bits per heavy atom. The third kappa shape index (κ3) is 2.77.